The lowest BCUT2D eigenvalue weighted by Gasteiger charge is -2.37. The third-order valence-corrected chi connectivity index (χ3v) is 4.43. The van der Waals surface area contributed by atoms with Crippen molar-refractivity contribution in [3.63, 3.8) is 0 Å². The molecule has 0 bridgehead atoms. The number of aromatic carboxylic acids is 1. The monoisotopic (exact) mass is 291 g/mol. The quantitative estimate of drug-likeness (QED) is 0.922. The smallest absolute Gasteiger partial charge is 0.339 e. The average molecular weight is 291 g/mol. The number of carbonyl (C=O) groups is 1. The molecule has 1 fully saturated rings. The largest absolute Gasteiger partial charge is 0.478 e. The van der Waals surface area contributed by atoms with E-state index in [1.165, 1.54) is 0 Å². The van der Waals surface area contributed by atoms with Crippen molar-refractivity contribution in [2.45, 2.75) is 39.7 Å². The van der Waals surface area contributed by atoms with Crippen molar-refractivity contribution < 1.29 is 9.90 Å². The summed E-state index contributed by atoms with van der Waals surface area (Å²) in [7, 11) is 1.97. The second-order valence-electron chi connectivity index (χ2n) is 5.86. The summed E-state index contributed by atoms with van der Waals surface area (Å²) in [5.74, 6) is -0.289. The Balaban J connectivity index is 2.27. The Labute approximate surface area is 126 Å². The Bertz CT molecular complexity index is 522. The highest BCUT2D eigenvalue weighted by Crippen LogP contribution is 2.26. The van der Waals surface area contributed by atoms with Gasteiger partial charge in [-0.05, 0) is 44.9 Å². The molecule has 0 atom stereocenters. The van der Waals surface area contributed by atoms with Gasteiger partial charge in [-0.3, -0.25) is 0 Å². The first-order valence-electron chi connectivity index (χ1n) is 7.60. The molecule has 5 nitrogen and oxygen atoms in total. The first kappa shape index (κ1) is 15.8. The molecule has 2 rings (SSSR count). The number of piperidine rings is 1. The van der Waals surface area contributed by atoms with E-state index in [0.717, 1.165) is 43.7 Å². The van der Waals surface area contributed by atoms with E-state index >= 15 is 0 Å². The van der Waals surface area contributed by atoms with Crippen molar-refractivity contribution in [2.24, 2.45) is 0 Å². The van der Waals surface area contributed by atoms with Crippen molar-refractivity contribution in [2.75, 3.05) is 31.6 Å². The lowest BCUT2D eigenvalue weighted by Crippen LogP contribution is -2.44. The molecule has 1 saturated heterocycles. The third-order valence-electron chi connectivity index (χ3n) is 4.43. The second-order valence-corrected chi connectivity index (χ2v) is 5.86. The molecule has 5 heteroatoms. The standard InChI is InChI=1S/C16H25N3O2/c1-5-19-8-6-13(7-9-19)18(4)15-14(16(20)21)11(2)10-12(3)17-15/h10,13H,5-9H2,1-4H3,(H,20,21). The fourth-order valence-electron chi connectivity index (χ4n) is 3.13. The Morgan fingerprint density at radius 1 is 1.43 bits per heavy atom. The lowest BCUT2D eigenvalue weighted by molar-refractivity contribution is 0.0696. The van der Waals surface area contributed by atoms with Gasteiger partial charge in [0.25, 0.3) is 0 Å². The van der Waals surface area contributed by atoms with Crippen molar-refractivity contribution in [1.82, 2.24) is 9.88 Å². The molecule has 0 aliphatic carbocycles. The summed E-state index contributed by atoms with van der Waals surface area (Å²) in [5, 5.41) is 9.49. The Morgan fingerprint density at radius 2 is 2.05 bits per heavy atom. The van der Waals surface area contributed by atoms with Gasteiger partial charge in [-0.1, -0.05) is 6.92 Å². The number of likely N-dealkylation sites (tertiary alicyclic amines) is 1. The van der Waals surface area contributed by atoms with E-state index < -0.39 is 5.97 Å². The van der Waals surface area contributed by atoms with Gasteiger partial charge in [0, 0.05) is 31.9 Å². The number of aryl methyl sites for hydroxylation is 2. The number of nitrogens with zero attached hydrogens (tertiary/aromatic N) is 3. The fraction of sp³-hybridized carbons (Fsp3) is 0.625. The molecule has 116 valence electrons. The molecule has 1 N–H and O–H groups in total. The number of anilines is 1. The Morgan fingerprint density at radius 3 is 2.57 bits per heavy atom. The maximum Gasteiger partial charge on any atom is 0.339 e. The number of carboxylic acids is 1. The van der Waals surface area contributed by atoms with E-state index in [1.807, 2.05) is 27.0 Å². The van der Waals surface area contributed by atoms with Gasteiger partial charge in [0.15, 0.2) is 0 Å². The van der Waals surface area contributed by atoms with Crippen molar-refractivity contribution >= 4 is 11.8 Å². The van der Waals surface area contributed by atoms with Crippen LogP contribution < -0.4 is 4.90 Å². The van der Waals surface area contributed by atoms with Gasteiger partial charge in [0.1, 0.15) is 11.4 Å². The lowest BCUT2D eigenvalue weighted by atomic mass is 10.0. The summed E-state index contributed by atoms with van der Waals surface area (Å²) in [6, 6.07) is 2.19. The molecule has 0 spiro atoms. The zero-order valence-electron chi connectivity index (χ0n) is 13.4. The van der Waals surface area contributed by atoms with Crippen LogP contribution in [0.5, 0.6) is 0 Å². The minimum atomic E-state index is -0.896. The van der Waals surface area contributed by atoms with Crippen LogP contribution in [0, 0.1) is 13.8 Å². The molecule has 0 radical (unpaired) electrons. The van der Waals surface area contributed by atoms with E-state index in [9.17, 15) is 9.90 Å². The molecule has 21 heavy (non-hydrogen) atoms. The molecular formula is C16H25N3O2. The molecule has 2 heterocycles. The average Bonchev–Trinajstić information content (AvgIpc) is 2.45. The van der Waals surface area contributed by atoms with Crippen LogP contribution in [0.25, 0.3) is 0 Å². The molecule has 0 unspecified atom stereocenters. The number of carboxylic acid groups (broad SMARTS) is 1. The van der Waals surface area contributed by atoms with Crippen LogP contribution in [0.4, 0.5) is 5.82 Å². The molecule has 1 aromatic rings. The van der Waals surface area contributed by atoms with Crippen LogP contribution in [-0.2, 0) is 0 Å². The topological polar surface area (TPSA) is 56.7 Å². The summed E-state index contributed by atoms with van der Waals surface area (Å²) in [6.45, 7) is 9.15. The summed E-state index contributed by atoms with van der Waals surface area (Å²) >= 11 is 0. The summed E-state index contributed by atoms with van der Waals surface area (Å²) in [4.78, 5) is 20.6. The highest BCUT2D eigenvalue weighted by molar-refractivity contribution is 5.95. The molecule has 0 saturated carbocycles. The minimum Gasteiger partial charge on any atom is -0.478 e. The highest BCUT2D eigenvalue weighted by Gasteiger charge is 2.26. The van der Waals surface area contributed by atoms with Crippen LogP contribution >= 0.6 is 0 Å². The number of hydrogen-bond donors (Lipinski definition) is 1. The molecule has 0 amide bonds. The van der Waals surface area contributed by atoms with Crippen molar-refractivity contribution in [3.8, 4) is 0 Å². The van der Waals surface area contributed by atoms with Gasteiger partial charge in [0.05, 0.1) is 0 Å². The van der Waals surface area contributed by atoms with E-state index in [2.05, 4.69) is 21.7 Å². The van der Waals surface area contributed by atoms with Gasteiger partial charge in [-0.2, -0.15) is 0 Å². The van der Waals surface area contributed by atoms with Crippen LogP contribution in [0.2, 0.25) is 0 Å². The molecule has 1 aliphatic rings. The first-order valence-corrected chi connectivity index (χ1v) is 7.60. The van der Waals surface area contributed by atoms with Gasteiger partial charge in [0.2, 0.25) is 0 Å². The number of pyridine rings is 1. The zero-order valence-corrected chi connectivity index (χ0v) is 13.4. The molecular weight excluding hydrogens is 266 g/mol. The maximum atomic E-state index is 11.6. The van der Waals surface area contributed by atoms with E-state index in [0.29, 0.717) is 17.4 Å². The van der Waals surface area contributed by atoms with E-state index in [4.69, 9.17) is 0 Å². The zero-order chi connectivity index (χ0) is 15.6. The normalized spacial score (nSPS) is 17.0. The summed E-state index contributed by atoms with van der Waals surface area (Å²) in [6.07, 6.45) is 2.11. The number of rotatable bonds is 4. The van der Waals surface area contributed by atoms with Crippen molar-refractivity contribution in [3.05, 3.63) is 22.9 Å². The number of hydrogen-bond acceptors (Lipinski definition) is 4. The summed E-state index contributed by atoms with van der Waals surface area (Å²) < 4.78 is 0. The molecule has 1 aromatic heterocycles. The minimum absolute atomic E-state index is 0.334. The van der Waals surface area contributed by atoms with E-state index in [-0.39, 0.29) is 0 Å². The maximum absolute atomic E-state index is 11.6. The van der Waals surface area contributed by atoms with Gasteiger partial charge in [-0.25, -0.2) is 9.78 Å². The molecule has 0 aromatic carbocycles. The fourth-order valence-corrected chi connectivity index (χ4v) is 3.13. The second kappa shape index (κ2) is 6.43. The SMILES string of the molecule is CCN1CCC(N(C)c2nc(C)cc(C)c2C(=O)O)CC1. The third kappa shape index (κ3) is 3.35. The Hall–Kier alpha value is -1.62. The molecule has 1 aliphatic heterocycles. The van der Waals surface area contributed by atoms with Crippen LogP contribution in [-0.4, -0.2) is 53.7 Å². The first-order chi connectivity index (χ1) is 9.93. The highest BCUT2D eigenvalue weighted by atomic mass is 16.4. The van der Waals surface area contributed by atoms with E-state index in [1.54, 1.807) is 0 Å². The van der Waals surface area contributed by atoms with Crippen molar-refractivity contribution in [1.29, 1.82) is 0 Å². The van der Waals surface area contributed by atoms with Crippen LogP contribution in [0.15, 0.2) is 6.07 Å². The number of aromatic nitrogens is 1. The predicted molar refractivity (Wildman–Crippen MR) is 84.2 cm³/mol. The van der Waals surface area contributed by atoms with Crippen LogP contribution in [0.3, 0.4) is 0 Å². The van der Waals surface area contributed by atoms with Gasteiger partial charge < -0.3 is 14.9 Å². The van der Waals surface area contributed by atoms with Crippen LogP contribution in [0.1, 0.15) is 41.4 Å². The Kier molecular flexibility index (Phi) is 4.83. The summed E-state index contributed by atoms with van der Waals surface area (Å²) in [5.41, 5.74) is 1.98. The predicted octanol–water partition coefficient (Wildman–Crippen LogP) is 2.32. The van der Waals surface area contributed by atoms with Gasteiger partial charge >= 0.3 is 5.97 Å². The van der Waals surface area contributed by atoms with Gasteiger partial charge in [-0.15, -0.1) is 0 Å².